The van der Waals surface area contributed by atoms with Gasteiger partial charge in [0.05, 0.1) is 36.6 Å². The number of para-hydroxylation sites is 1. The molecule has 3 aromatic carbocycles. The lowest BCUT2D eigenvalue weighted by molar-refractivity contribution is -0.139. The van der Waals surface area contributed by atoms with Crippen molar-refractivity contribution in [2.45, 2.75) is 26.4 Å². The third-order valence-electron chi connectivity index (χ3n) is 7.62. The molecular weight excluding hydrogens is 581 g/mol. The number of rotatable bonds is 8. The monoisotopic (exact) mass is 611 g/mol. The smallest absolute Gasteiger partial charge is 0.338 e. The van der Waals surface area contributed by atoms with Gasteiger partial charge in [-0.25, -0.2) is 14.2 Å². The summed E-state index contributed by atoms with van der Waals surface area (Å²) in [5.74, 6) is 0.204. The van der Waals surface area contributed by atoms with Crippen molar-refractivity contribution >= 4 is 34.3 Å². The summed E-state index contributed by atoms with van der Waals surface area (Å²) in [5.41, 5.74) is 3.78. The second-order valence-corrected chi connectivity index (χ2v) is 11.3. The Bertz CT molecular complexity index is 2110. The normalized spacial score (nSPS) is 14.8. The number of methoxy groups -OCH3 is 2. The van der Waals surface area contributed by atoms with Gasteiger partial charge in [0.15, 0.2) is 4.80 Å². The summed E-state index contributed by atoms with van der Waals surface area (Å²) < 4.78 is 34.2. The highest BCUT2D eigenvalue weighted by atomic mass is 32.1. The summed E-state index contributed by atoms with van der Waals surface area (Å²) in [6.07, 6.45) is 3.85. The van der Waals surface area contributed by atoms with Crippen molar-refractivity contribution in [3.05, 3.63) is 126 Å². The molecule has 8 nitrogen and oxygen atoms in total. The predicted octanol–water partition coefficient (Wildman–Crippen LogP) is 4.96. The molecule has 0 fully saturated rings. The molecular formula is C34H30FN3O5S. The molecule has 1 aliphatic heterocycles. The number of hydrogen-bond donors (Lipinski definition) is 0. The summed E-state index contributed by atoms with van der Waals surface area (Å²) in [5, 5.41) is 0.967. The number of fused-ring (bicyclic) bond motifs is 2. The summed E-state index contributed by atoms with van der Waals surface area (Å²) in [6.45, 7) is 4.18. The Morgan fingerprint density at radius 2 is 1.84 bits per heavy atom. The second kappa shape index (κ2) is 12.0. The first-order chi connectivity index (χ1) is 21.3. The van der Waals surface area contributed by atoms with Crippen LogP contribution in [0.2, 0.25) is 0 Å². The van der Waals surface area contributed by atoms with E-state index in [0.29, 0.717) is 38.6 Å². The van der Waals surface area contributed by atoms with E-state index in [1.54, 1.807) is 51.3 Å². The lowest BCUT2D eigenvalue weighted by atomic mass is 9.94. The van der Waals surface area contributed by atoms with Crippen LogP contribution in [0.25, 0.3) is 17.0 Å². The largest absolute Gasteiger partial charge is 0.497 e. The van der Waals surface area contributed by atoms with Gasteiger partial charge < -0.3 is 18.8 Å². The fraction of sp³-hybridized carbons (Fsp3) is 0.206. The van der Waals surface area contributed by atoms with Crippen LogP contribution in [0.5, 0.6) is 11.5 Å². The second-order valence-electron chi connectivity index (χ2n) is 10.3. The SMILES string of the molecule is CCOC(=O)C1=C(C)N=c2s/c(=C/c3cn(Cc4ccc(F)cc4)c4ccccc34)c(=O)n2[C@H]1c1cc(OC)ccc1OC. The molecule has 224 valence electrons. The highest BCUT2D eigenvalue weighted by Crippen LogP contribution is 2.38. The van der Waals surface area contributed by atoms with Crippen LogP contribution < -0.4 is 24.4 Å². The van der Waals surface area contributed by atoms with Crippen LogP contribution in [-0.2, 0) is 16.1 Å². The van der Waals surface area contributed by atoms with E-state index in [1.165, 1.54) is 35.1 Å². The molecule has 0 N–H and O–H groups in total. The summed E-state index contributed by atoms with van der Waals surface area (Å²) >= 11 is 1.25. The van der Waals surface area contributed by atoms with Crippen LogP contribution in [0.1, 0.15) is 36.6 Å². The van der Waals surface area contributed by atoms with E-state index in [2.05, 4.69) is 4.57 Å². The minimum absolute atomic E-state index is 0.171. The maximum Gasteiger partial charge on any atom is 0.338 e. The number of benzene rings is 3. The van der Waals surface area contributed by atoms with Gasteiger partial charge in [0, 0.05) is 34.8 Å². The van der Waals surface area contributed by atoms with Gasteiger partial charge in [-0.05, 0) is 61.9 Å². The average molecular weight is 612 g/mol. The molecule has 3 heterocycles. The van der Waals surface area contributed by atoms with Gasteiger partial charge >= 0.3 is 5.97 Å². The van der Waals surface area contributed by atoms with E-state index < -0.39 is 12.0 Å². The molecule has 0 aliphatic carbocycles. The molecule has 0 saturated carbocycles. The topological polar surface area (TPSA) is 84.1 Å². The molecule has 10 heteroatoms. The van der Waals surface area contributed by atoms with E-state index in [9.17, 15) is 14.0 Å². The molecule has 0 saturated heterocycles. The maximum atomic E-state index is 14.2. The Hall–Kier alpha value is -4.96. The fourth-order valence-corrected chi connectivity index (χ4v) is 6.63. The molecule has 2 aromatic heterocycles. The number of esters is 1. The van der Waals surface area contributed by atoms with Gasteiger partial charge in [0.2, 0.25) is 0 Å². The van der Waals surface area contributed by atoms with Crippen LogP contribution in [0.15, 0.2) is 94.0 Å². The molecule has 44 heavy (non-hydrogen) atoms. The van der Waals surface area contributed by atoms with Gasteiger partial charge in [0.25, 0.3) is 5.56 Å². The number of carbonyl (C=O) groups excluding carboxylic acids is 1. The number of halogens is 1. The van der Waals surface area contributed by atoms with Gasteiger partial charge in [-0.2, -0.15) is 0 Å². The first-order valence-electron chi connectivity index (χ1n) is 14.1. The summed E-state index contributed by atoms with van der Waals surface area (Å²) in [4.78, 5) is 32.7. The Kier molecular flexibility index (Phi) is 7.92. The van der Waals surface area contributed by atoms with E-state index in [0.717, 1.165) is 22.0 Å². The summed E-state index contributed by atoms with van der Waals surface area (Å²) in [6, 6.07) is 18.8. The number of ether oxygens (including phenoxy) is 3. The van der Waals surface area contributed by atoms with Crippen molar-refractivity contribution in [1.82, 2.24) is 9.13 Å². The van der Waals surface area contributed by atoms with E-state index in [1.807, 2.05) is 36.5 Å². The number of thiazole rings is 1. The van der Waals surface area contributed by atoms with Gasteiger partial charge in [0.1, 0.15) is 23.4 Å². The number of nitrogens with zero attached hydrogens (tertiary/aromatic N) is 3. The van der Waals surface area contributed by atoms with Crippen molar-refractivity contribution in [1.29, 1.82) is 0 Å². The molecule has 1 aliphatic rings. The van der Waals surface area contributed by atoms with Gasteiger partial charge in [-0.1, -0.05) is 41.7 Å². The van der Waals surface area contributed by atoms with E-state index in [-0.39, 0.29) is 23.6 Å². The van der Waals surface area contributed by atoms with E-state index >= 15 is 0 Å². The lowest BCUT2D eigenvalue weighted by Gasteiger charge is -2.26. The molecule has 0 amide bonds. The van der Waals surface area contributed by atoms with Gasteiger partial charge in [-0.3, -0.25) is 9.36 Å². The first-order valence-corrected chi connectivity index (χ1v) is 14.9. The maximum absolute atomic E-state index is 14.2. The average Bonchev–Trinajstić information content (AvgIpc) is 3.53. The molecule has 1 atom stereocenters. The number of allylic oxidation sites excluding steroid dienone is 1. The molecule has 0 unspecified atom stereocenters. The standard InChI is InChI=1S/C34H30FN3O5S/c1-5-43-33(40)30-20(2)36-34-38(31(30)26-17-24(41-3)14-15-28(26)42-4)32(39)29(44-34)16-22-19-37(27-9-7-6-8-25(22)27)18-21-10-12-23(35)13-11-21/h6-17,19,31H,5,18H2,1-4H3/b29-16+/t31-/m0/s1. The third kappa shape index (κ3) is 5.22. The summed E-state index contributed by atoms with van der Waals surface area (Å²) in [7, 11) is 3.09. The number of carbonyl (C=O) groups is 1. The Labute approximate surface area is 256 Å². The van der Waals surface area contributed by atoms with E-state index in [4.69, 9.17) is 19.2 Å². The first kappa shape index (κ1) is 29.1. The zero-order valence-corrected chi connectivity index (χ0v) is 25.5. The molecule has 6 rings (SSSR count). The number of aromatic nitrogens is 2. The predicted molar refractivity (Wildman–Crippen MR) is 167 cm³/mol. The van der Waals surface area contributed by atoms with Crippen LogP contribution in [0.4, 0.5) is 4.39 Å². The van der Waals surface area contributed by atoms with Crippen molar-refractivity contribution in [2.75, 3.05) is 20.8 Å². The van der Waals surface area contributed by atoms with Crippen molar-refractivity contribution in [3.8, 4) is 11.5 Å². The zero-order valence-electron chi connectivity index (χ0n) is 24.7. The molecule has 0 spiro atoms. The highest BCUT2D eigenvalue weighted by Gasteiger charge is 2.35. The quantitative estimate of drug-likeness (QED) is 0.232. The molecule has 5 aromatic rings. The minimum atomic E-state index is -0.850. The van der Waals surface area contributed by atoms with Crippen molar-refractivity contribution in [3.63, 3.8) is 0 Å². The minimum Gasteiger partial charge on any atom is -0.497 e. The van der Waals surface area contributed by atoms with Crippen LogP contribution >= 0.6 is 11.3 Å². The van der Waals surface area contributed by atoms with Crippen LogP contribution in [-0.4, -0.2) is 35.9 Å². The lowest BCUT2D eigenvalue weighted by Crippen LogP contribution is -2.40. The highest BCUT2D eigenvalue weighted by molar-refractivity contribution is 7.07. The van der Waals surface area contributed by atoms with Crippen LogP contribution in [0, 0.1) is 5.82 Å². The Morgan fingerprint density at radius 1 is 1.07 bits per heavy atom. The van der Waals surface area contributed by atoms with Crippen molar-refractivity contribution in [2.24, 2.45) is 4.99 Å². The van der Waals surface area contributed by atoms with Crippen molar-refractivity contribution < 1.29 is 23.4 Å². The molecule has 0 bridgehead atoms. The fourth-order valence-electron chi connectivity index (χ4n) is 5.59. The third-order valence-corrected chi connectivity index (χ3v) is 8.60. The Balaban J connectivity index is 1.54. The number of hydrogen-bond acceptors (Lipinski definition) is 7. The van der Waals surface area contributed by atoms with Gasteiger partial charge in [-0.15, -0.1) is 0 Å². The molecule has 0 radical (unpaired) electrons. The Morgan fingerprint density at radius 3 is 2.57 bits per heavy atom. The van der Waals surface area contributed by atoms with Crippen LogP contribution in [0.3, 0.4) is 0 Å². The zero-order chi connectivity index (χ0) is 31.0.